The van der Waals surface area contributed by atoms with E-state index in [2.05, 4.69) is 32.4 Å². The lowest BCUT2D eigenvalue weighted by atomic mass is 9.98. The number of aliphatic hydroxyl groups is 1. The molecule has 37 heavy (non-hydrogen) atoms. The summed E-state index contributed by atoms with van der Waals surface area (Å²) in [5.41, 5.74) is 4.53. The standard InChI is InChI=1S/C30H24N4O3/c1-2-9-25(36)33-23-16-14-21(15-17-23)26-27-29(34-24(18-35)20-10-5-3-6-11-20)31-19-32-30(27)37-28(26)22-12-7-4-8-13-22/h3-8,10-17,19,24,35H,18H2,1H3,(H,33,36)(H,31,32,34). The van der Waals surface area contributed by atoms with Crippen molar-refractivity contribution in [1.82, 2.24) is 9.97 Å². The van der Waals surface area contributed by atoms with Crippen molar-refractivity contribution >= 4 is 28.5 Å². The lowest BCUT2D eigenvalue weighted by Crippen LogP contribution is -2.15. The first-order valence-corrected chi connectivity index (χ1v) is 11.8. The molecule has 7 nitrogen and oxygen atoms in total. The third-order valence-corrected chi connectivity index (χ3v) is 5.89. The molecule has 0 radical (unpaired) electrons. The molecule has 3 aromatic carbocycles. The highest BCUT2D eigenvalue weighted by Crippen LogP contribution is 2.43. The van der Waals surface area contributed by atoms with Gasteiger partial charge in [0.2, 0.25) is 5.71 Å². The van der Waals surface area contributed by atoms with Crippen LogP contribution >= 0.6 is 0 Å². The van der Waals surface area contributed by atoms with Crippen LogP contribution in [0.2, 0.25) is 0 Å². The summed E-state index contributed by atoms with van der Waals surface area (Å²) in [7, 11) is 0. The van der Waals surface area contributed by atoms with Gasteiger partial charge in [0, 0.05) is 16.8 Å². The molecule has 1 amide bonds. The zero-order chi connectivity index (χ0) is 25.6. The summed E-state index contributed by atoms with van der Waals surface area (Å²) in [6.45, 7) is 1.49. The van der Waals surface area contributed by atoms with E-state index in [9.17, 15) is 9.90 Å². The molecule has 0 aliphatic carbocycles. The number of aliphatic hydroxyl groups excluding tert-OH is 1. The van der Waals surface area contributed by atoms with Gasteiger partial charge in [-0.3, -0.25) is 4.79 Å². The fourth-order valence-electron chi connectivity index (χ4n) is 4.19. The summed E-state index contributed by atoms with van der Waals surface area (Å²) in [6, 6.07) is 26.5. The SMILES string of the molecule is CC#CC(=O)Nc1ccc(-c2c(-c3ccccc3)oc3ncnc(NC(CO)c4ccccc4)c23)cc1. The van der Waals surface area contributed by atoms with Crippen molar-refractivity contribution in [1.29, 1.82) is 0 Å². The van der Waals surface area contributed by atoms with Gasteiger partial charge >= 0.3 is 0 Å². The van der Waals surface area contributed by atoms with Gasteiger partial charge in [0.15, 0.2) is 0 Å². The average Bonchev–Trinajstić information content (AvgIpc) is 3.34. The molecule has 0 aliphatic rings. The summed E-state index contributed by atoms with van der Waals surface area (Å²) in [4.78, 5) is 20.8. The number of anilines is 2. The minimum Gasteiger partial charge on any atom is -0.437 e. The molecule has 5 rings (SSSR count). The van der Waals surface area contributed by atoms with E-state index >= 15 is 0 Å². The van der Waals surface area contributed by atoms with E-state index in [1.165, 1.54) is 6.33 Å². The van der Waals surface area contributed by atoms with E-state index in [4.69, 9.17) is 4.42 Å². The van der Waals surface area contributed by atoms with E-state index in [-0.39, 0.29) is 18.6 Å². The maximum atomic E-state index is 11.9. The number of furan rings is 1. The normalized spacial score (nSPS) is 11.4. The number of rotatable bonds is 7. The molecule has 3 N–H and O–H groups in total. The highest BCUT2D eigenvalue weighted by Gasteiger charge is 2.23. The molecule has 5 aromatic rings. The number of nitrogens with one attached hydrogen (secondary N) is 2. The van der Waals surface area contributed by atoms with Crippen molar-refractivity contribution in [2.45, 2.75) is 13.0 Å². The Balaban J connectivity index is 1.64. The summed E-state index contributed by atoms with van der Waals surface area (Å²) < 4.78 is 6.29. The quantitative estimate of drug-likeness (QED) is 0.256. The predicted octanol–water partition coefficient (Wildman–Crippen LogP) is 5.66. The first-order chi connectivity index (χ1) is 18.2. The van der Waals surface area contributed by atoms with Crippen molar-refractivity contribution in [3.63, 3.8) is 0 Å². The van der Waals surface area contributed by atoms with Gasteiger partial charge in [0.25, 0.3) is 5.91 Å². The lowest BCUT2D eigenvalue weighted by molar-refractivity contribution is -0.111. The first kappa shape index (κ1) is 23.8. The van der Waals surface area contributed by atoms with Crippen molar-refractivity contribution in [3.05, 3.63) is 96.8 Å². The van der Waals surface area contributed by atoms with Crippen LogP contribution in [-0.2, 0) is 4.79 Å². The highest BCUT2D eigenvalue weighted by atomic mass is 16.3. The van der Waals surface area contributed by atoms with Gasteiger partial charge in [0.1, 0.15) is 17.9 Å². The summed E-state index contributed by atoms with van der Waals surface area (Å²) in [6.07, 6.45) is 1.44. The Bertz CT molecular complexity index is 1590. The molecule has 182 valence electrons. The van der Waals surface area contributed by atoms with Crippen molar-refractivity contribution in [2.24, 2.45) is 0 Å². The van der Waals surface area contributed by atoms with Crippen molar-refractivity contribution in [3.8, 4) is 34.3 Å². The van der Waals surface area contributed by atoms with Gasteiger partial charge in [-0.1, -0.05) is 78.7 Å². The fraction of sp³-hybridized carbons (Fsp3) is 0.100. The van der Waals surface area contributed by atoms with Gasteiger partial charge in [-0.25, -0.2) is 9.97 Å². The Morgan fingerprint density at radius 3 is 2.32 bits per heavy atom. The Hall–Kier alpha value is -4.93. The minimum atomic E-state index is -0.375. The fourth-order valence-corrected chi connectivity index (χ4v) is 4.19. The van der Waals surface area contributed by atoms with Gasteiger partial charge in [-0.05, 0) is 36.1 Å². The van der Waals surface area contributed by atoms with E-state index in [1.54, 1.807) is 6.92 Å². The van der Waals surface area contributed by atoms with Gasteiger partial charge in [0.05, 0.1) is 18.0 Å². The molecule has 2 heterocycles. The zero-order valence-electron chi connectivity index (χ0n) is 20.1. The number of carbonyl (C=O) groups is 1. The number of aromatic nitrogens is 2. The third-order valence-electron chi connectivity index (χ3n) is 5.89. The Kier molecular flexibility index (Phi) is 6.93. The van der Waals surface area contributed by atoms with Gasteiger partial charge < -0.3 is 20.2 Å². The summed E-state index contributed by atoms with van der Waals surface area (Å²) in [5, 5.41) is 17.0. The molecule has 0 aliphatic heterocycles. The molecule has 0 saturated heterocycles. The van der Waals surface area contributed by atoms with Crippen LogP contribution in [0.4, 0.5) is 11.5 Å². The smallest absolute Gasteiger partial charge is 0.300 e. The number of benzene rings is 3. The first-order valence-electron chi connectivity index (χ1n) is 11.8. The average molecular weight is 489 g/mol. The number of nitrogens with zero attached hydrogens (tertiary/aromatic N) is 2. The molecule has 0 saturated carbocycles. The highest BCUT2D eigenvalue weighted by molar-refractivity contribution is 6.07. The van der Waals surface area contributed by atoms with Crippen LogP contribution in [0, 0.1) is 11.8 Å². The predicted molar refractivity (Wildman–Crippen MR) is 145 cm³/mol. The molecule has 7 heteroatoms. The van der Waals surface area contributed by atoms with E-state index in [1.807, 2.05) is 84.9 Å². The molecule has 0 spiro atoms. The second-order valence-electron chi connectivity index (χ2n) is 8.27. The van der Waals surface area contributed by atoms with Crippen LogP contribution < -0.4 is 10.6 Å². The van der Waals surface area contributed by atoms with Crippen molar-refractivity contribution in [2.75, 3.05) is 17.2 Å². The Labute approximate surface area is 214 Å². The Morgan fingerprint density at radius 1 is 0.946 bits per heavy atom. The summed E-state index contributed by atoms with van der Waals surface area (Å²) >= 11 is 0. The Morgan fingerprint density at radius 2 is 1.65 bits per heavy atom. The van der Waals surface area contributed by atoms with E-state index in [0.717, 1.165) is 22.3 Å². The number of carbonyl (C=O) groups excluding carboxylic acids is 1. The van der Waals surface area contributed by atoms with E-state index in [0.29, 0.717) is 28.4 Å². The number of hydrogen-bond donors (Lipinski definition) is 3. The zero-order valence-corrected chi connectivity index (χ0v) is 20.1. The number of fused-ring (bicyclic) bond motifs is 1. The molecular formula is C30H24N4O3. The third kappa shape index (κ3) is 5.06. The minimum absolute atomic E-state index is 0.122. The maximum Gasteiger partial charge on any atom is 0.300 e. The van der Waals surface area contributed by atoms with Crippen LogP contribution in [0.5, 0.6) is 0 Å². The largest absolute Gasteiger partial charge is 0.437 e. The molecule has 0 bridgehead atoms. The molecule has 1 unspecified atom stereocenters. The molecule has 1 atom stereocenters. The topological polar surface area (TPSA) is 100 Å². The summed E-state index contributed by atoms with van der Waals surface area (Å²) in [5.74, 6) is 5.89. The second-order valence-corrected chi connectivity index (χ2v) is 8.27. The molecular weight excluding hydrogens is 464 g/mol. The maximum absolute atomic E-state index is 11.9. The van der Waals surface area contributed by atoms with Crippen LogP contribution in [0.1, 0.15) is 18.5 Å². The van der Waals surface area contributed by atoms with Gasteiger partial charge in [-0.15, -0.1) is 0 Å². The van der Waals surface area contributed by atoms with Crippen LogP contribution in [0.25, 0.3) is 33.6 Å². The second kappa shape index (κ2) is 10.8. The van der Waals surface area contributed by atoms with E-state index < -0.39 is 0 Å². The monoisotopic (exact) mass is 488 g/mol. The number of hydrogen-bond acceptors (Lipinski definition) is 6. The lowest BCUT2D eigenvalue weighted by Gasteiger charge is -2.18. The number of amides is 1. The van der Waals surface area contributed by atoms with Crippen molar-refractivity contribution < 1.29 is 14.3 Å². The van der Waals surface area contributed by atoms with Crippen LogP contribution in [-0.4, -0.2) is 27.6 Å². The van der Waals surface area contributed by atoms with Crippen LogP contribution in [0.3, 0.4) is 0 Å². The van der Waals surface area contributed by atoms with Crippen LogP contribution in [0.15, 0.2) is 95.7 Å². The molecule has 2 aromatic heterocycles. The van der Waals surface area contributed by atoms with Gasteiger partial charge in [-0.2, -0.15) is 0 Å². The molecule has 0 fully saturated rings.